The van der Waals surface area contributed by atoms with Crippen LogP contribution in [0.1, 0.15) is 32.6 Å². The van der Waals surface area contributed by atoms with Crippen LogP contribution < -0.4 is 5.73 Å². The van der Waals surface area contributed by atoms with Gasteiger partial charge in [-0.2, -0.15) is 0 Å². The fourth-order valence-electron chi connectivity index (χ4n) is 2.39. The summed E-state index contributed by atoms with van der Waals surface area (Å²) in [6.07, 6.45) is 5.13. The lowest BCUT2D eigenvalue weighted by Crippen LogP contribution is -2.38. The molecule has 20 heavy (non-hydrogen) atoms. The largest absolute Gasteiger partial charge is 0.370 e. The van der Waals surface area contributed by atoms with Crippen molar-refractivity contribution in [2.24, 2.45) is 10.7 Å². The van der Waals surface area contributed by atoms with Gasteiger partial charge >= 0.3 is 0 Å². The van der Waals surface area contributed by atoms with E-state index in [4.69, 9.17) is 5.73 Å². The van der Waals surface area contributed by atoms with E-state index in [2.05, 4.69) is 41.1 Å². The number of benzene rings is 1. The topological polar surface area (TPSA) is 41.6 Å². The molecule has 1 aromatic rings. The summed E-state index contributed by atoms with van der Waals surface area (Å²) in [6, 6.07) is 10.5. The number of aliphatic imine (C=N–C) groups is 1. The Bertz CT molecular complexity index is 411. The van der Waals surface area contributed by atoms with Gasteiger partial charge in [-0.05, 0) is 25.0 Å². The third-order valence-corrected chi connectivity index (χ3v) is 4.62. The minimum absolute atomic E-state index is 0.447. The number of likely N-dealkylation sites (tertiary alicyclic amines) is 1. The highest BCUT2D eigenvalue weighted by molar-refractivity contribution is 8.00. The van der Waals surface area contributed by atoms with E-state index in [0.717, 1.165) is 25.6 Å². The van der Waals surface area contributed by atoms with Crippen LogP contribution in [0.2, 0.25) is 0 Å². The molecule has 0 bridgehead atoms. The molecule has 2 rings (SSSR count). The maximum atomic E-state index is 6.13. The molecular formula is C16H25N3S. The molecule has 1 aliphatic rings. The maximum absolute atomic E-state index is 6.13. The standard InChI is InChI=1S/C16H25N3S/c1-14(20-15-9-5-4-6-10-15)13-18-16(17)19-11-7-2-3-8-12-19/h4-6,9-10,14H,2-3,7-8,11-13H2,1H3,(H2,17,18). The molecule has 1 aliphatic heterocycles. The number of nitrogens with two attached hydrogens (primary N) is 1. The normalized spacial score (nSPS) is 18.6. The quantitative estimate of drug-likeness (QED) is 0.525. The summed E-state index contributed by atoms with van der Waals surface area (Å²) < 4.78 is 0. The summed E-state index contributed by atoms with van der Waals surface area (Å²) in [5.74, 6) is 0.729. The lowest BCUT2D eigenvalue weighted by atomic mass is 10.2. The highest BCUT2D eigenvalue weighted by Crippen LogP contribution is 2.22. The molecule has 0 aromatic heterocycles. The molecule has 4 heteroatoms. The van der Waals surface area contributed by atoms with Crippen molar-refractivity contribution >= 4 is 17.7 Å². The number of nitrogens with zero attached hydrogens (tertiary/aromatic N) is 2. The van der Waals surface area contributed by atoms with E-state index in [-0.39, 0.29) is 0 Å². The zero-order valence-electron chi connectivity index (χ0n) is 12.3. The van der Waals surface area contributed by atoms with Crippen LogP contribution in [0.25, 0.3) is 0 Å². The molecule has 1 fully saturated rings. The molecular weight excluding hydrogens is 266 g/mol. The van der Waals surface area contributed by atoms with Crippen molar-refractivity contribution < 1.29 is 0 Å². The first-order valence-corrected chi connectivity index (χ1v) is 8.40. The predicted octanol–water partition coefficient (Wildman–Crippen LogP) is 3.36. The van der Waals surface area contributed by atoms with Gasteiger partial charge in [0.25, 0.3) is 0 Å². The van der Waals surface area contributed by atoms with E-state index in [9.17, 15) is 0 Å². The van der Waals surface area contributed by atoms with Crippen LogP contribution in [0.4, 0.5) is 0 Å². The van der Waals surface area contributed by atoms with Crippen molar-refractivity contribution in [2.45, 2.75) is 42.8 Å². The second kappa shape index (κ2) is 8.20. The first kappa shape index (κ1) is 15.2. The molecule has 0 aliphatic carbocycles. The zero-order chi connectivity index (χ0) is 14.2. The summed E-state index contributed by atoms with van der Waals surface area (Å²) in [5, 5.41) is 0.447. The monoisotopic (exact) mass is 291 g/mol. The number of hydrogen-bond acceptors (Lipinski definition) is 2. The lowest BCUT2D eigenvalue weighted by molar-refractivity contribution is 0.428. The van der Waals surface area contributed by atoms with E-state index in [0.29, 0.717) is 5.25 Å². The predicted molar refractivity (Wildman–Crippen MR) is 88.3 cm³/mol. The van der Waals surface area contributed by atoms with Gasteiger partial charge in [-0.15, -0.1) is 11.8 Å². The number of rotatable bonds is 4. The highest BCUT2D eigenvalue weighted by atomic mass is 32.2. The summed E-state index contributed by atoms with van der Waals surface area (Å²) >= 11 is 1.86. The molecule has 1 unspecified atom stereocenters. The van der Waals surface area contributed by atoms with Crippen LogP contribution in [-0.4, -0.2) is 35.7 Å². The molecule has 0 saturated carbocycles. The first-order chi connectivity index (χ1) is 9.75. The summed E-state index contributed by atoms with van der Waals surface area (Å²) in [5.41, 5.74) is 6.13. The third-order valence-electron chi connectivity index (χ3n) is 3.52. The molecule has 0 spiro atoms. The van der Waals surface area contributed by atoms with Gasteiger partial charge in [0.2, 0.25) is 0 Å². The van der Waals surface area contributed by atoms with E-state index < -0.39 is 0 Å². The first-order valence-electron chi connectivity index (χ1n) is 7.52. The van der Waals surface area contributed by atoms with Crippen molar-refractivity contribution in [2.75, 3.05) is 19.6 Å². The van der Waals surface area contributed by atoms with Gasteiger partial charge in [0, 0.05) is 23.2 Å². The molecule has 0 amide bonds. The summed E-state index contributed by atoms with van der Waals surface area (Å²) in [7, 11) is 0. The Morgan fingerprint density at radius 2 is 1.85 bits per heavy atom. The number of hydrogen-bond donors (Lipinski definition) is 1. The van der Waals surface area contributed by atoms with Crippen LogP contribution in [0, 0.1) is 0 Å². The molecule has 0 radical (unpaired) electrons. The van der Waals surface area contributed by atoms with Gasteiger partial charge in [-0.1, -0.05) is 38.0 Å². The molecule has 110 valence electrons. The molecule has 2 N–H and O–H groups in total. The third kappa shape index (κ3) is 5.08. The van der Waals surface area contributed by atoms with E-state index in [1.165, 1.54) is 30.6 Å². The molecule has 1 atom stereocenters. The SMILES string of the molecule is CC(CN=C(N)N1CCCCCC1)Sc1ccccc1. The Labute approximate surface area is 126 Å². The second-order valence-corrected chi connectivity index (χ2v) is 6.85. The lowest BCUT2D eigenvalue weighted by Gasteiger charge is -2.21. The number of thioether (sulfide) groups is 1. The van der Waals surface area contributed by atoms with Crippen LogP contribution in [0.15, 0.2) is 40.2 Å². The van der Waals surface area contributed by atoms with Gasteiger partial charge < -0.3 is 10.6 Å². The van der Waals surface area contributed by atoms with E-state index >= 15 is 0 Å². The van der Waals surface area contributed by atoms with E-state index in [1.807, 2.05) is 17.8 Å². The maximum Gasteiger partial charge on any atom is 0.191 e. The Morgan fingerprint density at radius 3 is 2.50 bits per heavy atom. The van der Waals surface area contributed by atoms with Gasteiger partial charge in [0.15, 0.2) is 5.96 Å². The van der Waals surface area contributed by atoms with Crippen molar-refractivity contribution in [1.82, 2.24) is 4.90 Å². The molecule has 3 nitrogen and oxygen atoms in total. The second-order valence-electron chi connectivity index (χ2n) is 5.34. The van der Waals surface area contributed by atoms with Crippen molar-refractivity contribution in [3.63, 3.8) is 0 Å². The van der Waals surface area contributed by atoms with Gasteiger partial charge in [0.05, 0.1) is 6.54 Å². The Balaban J connectivity index is 1.81. The van der Waals surface area contributed by atoms with Gasteiger partial charge in [0.1, 0.15) is 0 Å². The van der Waals surface area contributed by atoms with Crippen molar-refractivity contribution in [3.8, 4) is 0 Å². The minimum atomic E-state index is 0.447. The molecule has 1 aromatic carbocycles. The average Bonchev–Trinajstić information content (AvgIpc) is 2.75. The van der Waals surface area contributed by atoms with E-state index in [1.54, 1.807) is 0 Å². The Morgan fingerprint density at radius 1 is 1.20 bits per heavy atom. The zero-order valence-corrected chi connectivity index (χ0v) is 13.1. The minimum Gasteiger partial charge on any atom is -0.370 e. The summed E-state index contributed by atoms with van der Waals surface area (Å²) in [6.45, 7) is 5.11. The fourth-order valence-corrected chi connectivity index (χ4v) is 3.32. The van der Waals surface area contributed by atoms with Crippen LogP contribution >= 0.6 is 11.8 Å². The fraction of sp³-hybridized carbons (Fsp3) is 0.562. The molecule has 1 heterocycles. The van der Waals surface area contributed by atoms with Crippen molar-refractivity contribution in [3.05, 3.63) is 30.3 Å². The Kier molecular flexibility index (Phi) is 6.25. The Hall–Kier alpha value is -1.16. The average molecular weight is 291 g/mol. The van der Waals surface area contributed by atoms with Crippen LogP contribution in [0.5, 0.6) is 0 Å². The van der Waals surface area contributed by atoms with Crippen LogP contribution in [0.3, 0.4) is 0 Å². The smallest absolute Gasteiger partial charge is 0.191 e. The van der Waals surface area contributed by atoms with Crippen molar-refractivity contribution in [1.29, 1.82) is 0 Å². The van der Waals surface area contributed by atoms with Crippen LogP contribution in [-0.2, 0) is 0 Å². The van der Waals surface area contributed by atoms with Gasteiger partial charge in [-0.25, -0.2) is 0 Å². The summed E-state index contributed by atoms with van der Waals surface area (Å²) in [4.78, 5) is 8.12. The van der Waals surface area contributed by atoms with Gasteiger partial charge in [-0.3, -0.25) is 4.99 Å². The molecule has 1 saturated heterocycles. The highest BCUT2D eigenvalue weighted by Gasteiger charge is 2.11. The number of guanidine groups is 1.